The van der Waals surface area contributed by atoms with Crippen molar-refractivity contribution in [3.8, 4) is 15.6 Å². The maximum Gasteiger partial charge on any atom is 0.420 e. The van der Waals surface area contributed by atoms with Gasteiger partial charge in [-0.3, -0.25) is 4.68 Å². The summed E-state index contributed by atoms with van der Waals surface area (Å²) in [7, 11) is -3.67. The number of likely N-dealkylation sites (tertiary alicyclic amines) is 1. The SMILES string of the molecule is CCc1cn(C2CCN(C3CC3)CC2)nc1Nc1ncc(C(F)(F)F)c(-c2cc3c(s2)OCCCS3(=O)=O)n1. The molecular weight excluding hydrogens is 553 g/mol. The number of hydrogen-bond acceptors (Lipinski definition) is 9. The molecule has 0 unspecified atom stereocenters. The number of halogens is 3. The number of alkyl halides is 3. The van der Waals surface area contributed by atoms with Gasteiger partial charge in [0.1, 0.15) is 10.5 Å². The van der Waals surface area contributed by atoms with Gasteiger partial charge in [0, 0.05) is 37.1 Å². The Morgan fingerprint density at radius 2 is 1.95 bits per heavy atom. The number of nitrogens with one attached hydrogen (secondary N) is 1. The van der Waals surface area contributed by atoms with Crippen LogP contribution in [-0.2, 0) is 22.4 Å². The average molecular weight is 583 g/mol. The Hall–Kier alpha value is -2.71. The number of nitrogens with zero attached hydrogens (tertiary/aromatic N) is 5. The van der Waals surface area contributed by atoms with Gasteiger partial charge in [-0.15, -0.1) is 0 Å². The van der Waals surface area contributed by atoms with E-state index in [4.69, 9.17) is 9.84 Å². The number of aryl methyl sites for hydroxylation is 1. The highest BCUT2D eigenvalue weighted by Gasteiger charge is 2.37. The van der Waals surface area contributed by atoms with Crippen LogP contribution in [0.5, 0.6) is 5.06 Å². The van der Waals surface area contributed by atoms with Gasteiger partial charge in [-0.05, 0) is 44.6 Å². The minimum atomic E-state index is -4.74. The third kappa shape index (κ3) is 5.38. The van der Waals surface area contributed by atoms with Crippen molar-refractivity contribution in [2.24, 2.45) is 0 Å². The van der Waals surface area contributed by atoms with Gasteiger partial charge in [0.25, 0.3) is 0 Å². The van der Waals surface area contributed by atoms with Crippen LogP contribution in [0.2, 0.25) is 0 Å². The van der Waals surface area contributed by atoms with Gasteiger partial charge in [0.05, 0.1) is 29.0 Å². The number of ether oxygens (including phenoxy) is 1. The zero-order valence-electron chi connectivity index (χ0n) is 21.4. The lowest BCUT2D eigenvalue weighted by atomic mass is 10.1. The van der Waals surface area contributed by atoms with Gasteiger partial charge in [0.15, 0.2) is 20.7 Å². The Balaban J connectivity index is 1.30. The Morgan fingerprint density at radius 3 is 2.64 bits per heavy atom. The van der Waals surface area contributed by atoms with Gasteiger partial charge >= 0.3 is 6.18 Å². The van der Waals surface area contributed by atoms with Crippen molar-refractivity contribution < 1.29 is 26.3 Å². The number of aromatic nitrogens is 4. The zero-order valence-corrected chi connectivity index (χ0v) is 23.0. The molecule has 39 heavy (non-hydrogen) atoms. The lowest BCUT2D eigenvalue weighted by Gasteiger charge is -2.32. The number of anilines is 2. The molecule has 3 aromatic heterocycles. The number of sulfone groups is 1. The van der Waals surface area contributed by atoms with Crippen molar-refractivity contribution in [2.45, 2.75) is 68.6 Å². The molecule has 3 aromatic rings. The summed E-state index contributed by atoms with van der Waals surface area (Å²) in [5, 5.41) is 7.84. The van der Waals surface area contributed by atoms with Gasteiger partial charge in [-0.1, -0.05) is 18.3 Å². The van der Waals surface area contributed by atoms with E-state index in [2.05, 4.69) is 20.2 Å². The summed E-state index contributed by atoms with van der Waals surface area (Å²) >= 11 is 0.843. The molecule has 0 aromatic carbocycles. The predicted octanol–water partition coefficient (Wildman–Crippen LogP) is 5.08. The molecule has 9 nitrogen and oxygen atoms in total. The van der Waals surface area contributed by atoms with Crippen molar-refractivity contribution in [3.05, 3.63) is 29.6 Å². The molecule has 0 spiro atoms. The highest BCUT2D eigenvalue weighted by molar-refractivity contribution is 7.91. The van der Waals surface area contributed by atoms with Crippen molar-refractivity contribution in [1.29, 1.82) is 0 Å². The molecule has 0 radical (unpaired) electrons. The fourth-order valence-corrected chi connectivity index (χ4v) is 8.03. The molecule has 210 valence electrons. The topological polar surface area (TPSA) is 102 Å². The van der Waals surface area contributed by atoms with Crippen LogP contribution in [0.4, 0.5) is 24.9 Å². The summed E-state index contributed by atoms with van der Waals surface area (Å²) < 4.78 is 74.6. The molecule has 2 fully saturated rings. The average Bonchev–Trinajstić information content (AvgIpc) is 3.56. The largest absolute Gasteiger partial charge is 0.483 e. The van der Waals surface area contributed by atoms with E-state index in [0.29, 0.717) is 18.7 Å². The van der Waals surface area contributed by atoms with Crippen molar-refractivity contribution in [1.82, 2.24) is 24.6 Å². The summed E-state index contributed by atoms with van der Waals surface area (Å²) in [6, 6.07) is 2.22. The maximum absolute atomic E-state index is 13.9. The van der Waals surface area contributed by atoms with E-state index in [1.165, 1.54) is 18.9 Å². The minimum absolute atomic E-state index is 0.0473. The Kier molecular flexibility index (Phi) is 6.82. The second kappa shape index (κ2) is 10.0. The standard InChI is InChI=1S/C25H29F3N6O3S2/c1-2-15-14-34(17-6-8-33(9-7-17)16-4-5-16)32-22(15)31-24-29-13-18(25(26,27)28)21(30-24)19-12-20-23(38-19)37-10-3-11-39(20,35)36/h12-14,16-17H,2-11H2,1H3,(H,29,30,31,32). The molecule has 5 heterocycles. The van der Waals surface area contributed by atoms with Gasteiger partial charge in [-0.2, -0.15) is 18.3 Å². The van der Waals surface area contributed by atoms with E-state index in [9.17, 15) is 21.6 Å². The molecule has 6 rings (SSSR count). The first kappa shape index (κ1) is 26.5. The van der Waals surface area contributed by atoms with Gasteiger partial charge in [0.2, 0.25) is 5.95 Å². The van der Waals surface area contributed by atoms with Crippen LogP contribution >= 0.6 is 11.3 Å². The predicted molar refractivity (Wildman–Crippen MR) is 140 cm³/mol. The number of rotatable bonds is 6. The van der Waals surface area contributed by atoms with Gasteiger partial charge < -0.3 is 15.0 Å². The number of piperidine rings is 1. The van der Waals surface area contributed by atoms with Crippen molar-refractivity contribution in [3.63, 3.8) is 0 Å². The zero-order chi connectivity index (χ0) is 27.4. The first-order valence-corrected chi connectivity index (χ1v) is 15.6. The quantitative estimate of drug-likeness (QED) is 0.429. The van der Waals surface area contributed by atoms with E-state index in [-0.39, 0.29) is 39.2 Å². The molecule has 14 heteroatoms. The van der Waals surface area contributed by atoms with Crippen LogP contribution in [0.25, 0.3) is 10.6 Å². The molecular formula is C25H29F3N6O3S2. The van der Waals surface area contributed by atoms with Gasteiger partial charge in [-0.25, -0.2) is 18.4 Å². The molecule has 0 bridgehead atoms. The summed E-state index contributed by atoms with van der Waals surface area (Å²) in [5.41, 5.74) is -0.542. The van der Waals surface area contributed by atoms with Crippen molar-refractivity contribution >= 4 is 32.9 Å². The first-order valence-electron chi connectivity index (χ1n) is 13.2. The van der Waals surface area contributed by atoms with Crippen molar-refractivity contribution in [2.75, 3.05) is 30.8 Å². The smallest absolute Gasteiger partial charge is 0.420 e. The monoisotopic (exact) mass is 582 g/mol. The number of fused-ring (bicyclic) bond motifs is 1. The summed E-state index contributed by atoms with van der Waals surface area (Å²) in [4.78, 5) is 10.6. The lowest BCUT2D eigenvalue weighted by molar-refractivity contribution is -0.137. The van der Waals surface area contributed by atoms with E-state index in [1.54, 1.807) is 0 Å². The molecule has 1 saturated heterocycles. The molecule has 1 saturated carbocycles. The fraction of sp³-hybridized carbons (Fsp3) is 0.560. The first-order chi connectivity index (χ1) is 18.6. The number of hydrogen-bond donors (Lipinski definition) is 1. The molecule has 3 aliphatic rings. The van der Waals surface area contributed by atoms with E-state index in [0.717, 1.165) is 55.1 Å². The Morgan fingerprint density at radius 1 is 1.18 bits per heavy atom. The lowest BCUT2D eigenvalue weighted by Crippen LogP contribution is -2.36. The van der Waals surface area contributed by atoms with Crippen LogP contribution in [0.3, 0.4) is 0 Å². The molecule has 1 aliphatic carbocycles. The summed E-state index contributed by atoms with van der Waals surface area (Å²) in [6.45, 7) is 4.24. The summed E-state index contributed by atoms with van der Waals surface area (Å²) in [6.07, 6.45) is 3.53. The molecule has 2 aliphatic heterocycles. The fourth-order valence-electron chi connectivity index (χ4n) is 5.19. The Bertz CT molecular complexity index is 1470. The number of thiophene rings is 1. The highest BCUT2D eigenvalue weighted by Crippen LogP contribution is 2.45. The van der Waals surface area contributed by atoms with Crippen LogP contribution in [-0.4, -0.2) is 64.6 Å². The highest BCUT2D eigenvalue weighted by atomic mass is 32.2. The third-order valence-electron chi connectivity index (χ3n) is 7.47. The normalized spacial score (nSPS) is 20.3. The minimum Gasteiger partial charge on any atom is -0.483 e. The van der Waals surface area contributed by atoms with Crippen LogP contribution in [0.1, 0.15) is 56.2 Å². The van der Waals surface area contributed by atoms with E-state index < -0.39 is 27.3 Å². The maximum atomic E-state index is 13.9. The van der Waals surface area contributed by atoms with E-state index >= 15 is 0 Å². The van der Waals surface area contributed by atoms with Crippen LogP contribution in [0.15, 0.2) is 23.4 Å². The Labute approximate surface area is 228 Å². The van der Waals surface area contributed by atoms with E-state index in [1.807, 2.05) is 17.8 Å². The second-order valence-electron chi connectivity index (χ2n) is 10.2. The summed E-state index contributed by atoms with van der Waals surface area (Å²) in [5.74, 6) is 0.329. The van der Waals surface area contributed by atoms with Crippen LogP contribution in [0, 0.1) is 0 Å². The third-order valence-corrected chi connectivity index (χ3v) is 10.5. The molecule has 0 atom stereocenters. The molecule has 0 amide bonds. The van der Waals surface area contributed by atoms with Crippen LogP contribution < -0.4 is 10.1 Å². The molecule has 1 N–H and O–H groups in total. The second-order valence-corrected chi connectivity index (χ2v) is 13.3.